The van der Waals surface area contributed by atoms with E-state index in [1.54, 1.807) is 17.2 Å². The van der Waals surface area contributed by atoms with E-state index in [-0.39, 0.29) is 0 Å². The second kappa shape index (κ2) is 3.71. The molecule has 0 amide bonds. The number of rotatable bonds is 1. The fraction of sp³-hybridized carbons (Fsp3) is 0.385. The number of nitrogen functional groups attached to an aromatic ring is 1. The van der Waals surface area contributed by atoms with Gasteiger partial charge in [-0.2, -0.15) is 0 Å². The van der Waals surface area contributed by atoms with Crippen molar-refractivity contribution in [1.82, 2.24) is 19.9 Å². The average Bonchev–Trinajstić information content (AvgIpc) is 3.07. The minimum Gasteiger partial charge on any atom is -0.328 e. The van der Waals surface area contributed by atoms with Crippen molar-refractivity contribution in [3.63, 3.8) is 0 Å². The van der Waals surface area contributed by atoms with Crippen molar-refractivity contribution in [2.75, 3.05) is 5.84 Å². The van der Waals surface area contributed by atoms with Gasteiger partial charge in [0.15, 0.2) is 5.65 Å². The number of aromatic nitrogens is 4. The highest BCUT2D eigenvalue weighted by Gasteiger charge is 2.27. The van der Waals surface area contributed by atoms with Crippen LogP contribution in [0.2, 0.25) is 0 Å². The Bertz CT molecular complexity index is 755. The number of hydrogen-bond donors (Lipinski definition) is 3. The van der Waals surface area contributed by atoms with E-state index >= 15 is 0 Å². The minimum atomic E-state index is 0.296. The Kier molecular flexibility index (Phi) is 2.11. The van der Waals surface area contributed by atoms with Crippen molar-refractivity contribution in [3.8, 4) is 0 Å². The van der Waals surface area contributed by atoms with Gasteiger partial charge in [0.05, 0.1) is 6.20 Å². The molecule has 1 aliphatic carbocycles. The number of nitrogens with zero attached hydrogens (tertiary/aromatic N) is 3. The van der Waals surface area contributed by atoms with Crippen molar-refractivity contribution in [3.05, 3.63) is 24.2 Å². The Morgan fingerprint density at radius 2 is 2.21 bits per heavy atom. The van der Waals surface area contributed by atoms with E-state index in [2.05, 4.69) is 15.1 Å². The summed E-state index contributed by atoms with van der Waals surface area (Å²) in [5.74, 6) is 6.46. The van der Waals surface area contributed by atoms with Crippen LogP contribution in [-0.4, -0.2) is 25.9 Å². The summed E-state index contributed by atoms with van der Waals surface area (Å²) >= 11 is 0. The molecule has 1 saturated carbocycles. The fourth-order valence-corrected chi connectivity index (χ4v) is 3.23. The molecular weight excluding hydrogens is 240 g/mol. The van der Waals surface area contributed by atoms with Crippen molar-refractivity contribution in [1.29, 1.82) is 0 Å². The van der Waals surface area contributed by atoms with Gasteiger partial charge in [-0.1, -0.05) is 0 Å². The molecule has 1 unspecified atom stereocenters. The molecule has 0 spiro atoms. The summed E-state index contributed by atoms with van der Waals surface area (Å²) in [5, 5.41) is 5.47. The lowest BCUT2D eigenvalue weighted by Gasteiger charge is -2.07. The third-order valence-electron chi connectivity index (χ3n) is 4.16. The SMILES string of the molecule is N[C@H]1CCC(c2[nH]n(N)c3cnc4nccc4c23)C1. The molecule has 2 atom stereocenters. The van der Waals surface area contributed by atoms with Crippen molar-refractivity contribution in [2.24, 2.45) is 5.73 Å². The fourth-order valence-electron chi connectivity index (χ4n) is 3.23. The van der Waals surface area contributed by atoms with E-state index in [0.29, 0.717) is 12.0 Å². The average molecular weight is 256 g/mol. The monoisotopic (exact) mass is 256 g/mol. The molecule has 5 N–H and O–H groups in total. The van der Waals surface area contributed by atoms with Crippen LogP contribution in [0.15, 0.2) is 18.5 Å². The Morgan fingerprint density at radius 1 is 1.32 bits per heavy atom. The first kappa shape index (κ1) is 10.8. The van der Waals surface area contributed by atoms with Crippen LogP contribution >= 0.6 is 0 Å². The summed E-state index contributed by atoms with van der Waals surface area (Å²) in [7, 11) is 0. The molecule has 0 saturated heterocycles. The van der Waals surface area contributed by atoms with Gasteiger partial charge in [0.1, 0.15) is 5.52 Å². The maximum Gasteiger partial charge on any atom is 0.159 e. The zero-order valence-corrected chi connectivity index (χ0v) is 10.5. The lowest BCUT2D eigenvalue weighted by molar-refractivity contribution is 0.652. The summed E-state index contributed by atoms with van der Waals surface area (Å²) in [5.41, 5.74) is 8.89. The first-order valence-corrected chi connectivity index (χ1v) is 6.58. The third kappa shape index (κ3) is 1.46. The van der Waals surface area contributed by atoms with Gasteiger partial charge in [0.25, 0.3) is 0 Å². The van der Waals surface area contributed by atoms with Gasteiger partial charge in [-0.15, -0.1) is 0 Å². The Morgan fingerprint density at radius 3 is 3.00 bits per heavy atom. The molecule has 3 aromatic rings. The number of pyridine rings is 1. The van der Waals surface area contributed by atoms with E-state index in [1.807, 2.05) is 6.07 Å². The molecule has 0 radical (unpaired) electrons. The lowest BCUT2D eigenvalue weighted by Crippen LogP contribution is -2.15. The molecule has 1 aliphatic rings. The molecule has 98 valence electrons. The van der Waals surface area contributed by atoms with Gasteiger partial charge in [-0.05, 0) is 25.3 Å². The van der Waals surface area contributed by atoms with Crippen LogP contribution in [0, 0.1) is 0 Å². The number of nitrogens with one attached hydrogen (secondary N) is 1. The Balaban J connectivity index is 2.01. The summed E-state index contributed by atoms with van der Waals surface area (Å²) in [6, 6.07) is 2.29. The van der Waals surface area contributed by atoms with E-state index < -0.39 is 0 Å². The second-order valence-electron chi connectivity index (χ2n) is 5.37. The zero-order chi connectivity index (χ0) is 13.0. The first-order chi connectivity index (χ1) is 9.24. The van der Waals surface area contributed by atoms with E-state index in [0.717, 1.165) is 41.2 Å². The maximum absolute atomic E-state index is 6.03. The normalized spacial score (nSPS) is 23.6. The van der Waals surface area contributed by atoms with Crippen molar-refractivity contribution >= 4 is 21.9 Å². The molecule has 3 heterocycles. The molecule has 0 aliphatic heterocycles. The highest BCUT2D eigenvalue weighted by Crippen LogP contribution is 2.38. The third-order valence-corrected chi connectivity index (χ3v) is 4.16. The summed E-state index contributed by atoms with van der Waals surface area (Å²) in [6.45, 7) is 0. The standard InChI is InChI=1S/C13H16N6/c14-8-2-1-7(5-8)12-11-9-3-4-16-13(9)17-6-10(11)19(15)18-12/h3-4,6-8,18H,1-2,5,14-15H2/t7?,8-/m0/s1. The minimum absolute atomic E-state index is 0.296. The van der Waals surface area contributed by atoms with Crippen LogP contribution < -0.4 is 11.6 Å². The molecule has 0 aromatic carbocycles. The van der Waals surface area contributed by atoms with Crippen LogP contribution in [-0.2, 0) is 0 Å². The summed E-state index contributed by atoms with van der Waals surface area (Å²) in [6.07, 6.45) is 6.75. The maximum atomic E-state index is 6.03. The number of aromatic amines is 1. The lowest BCUT2D eigenvalue weighted by atomic mass is 9.99. The first-order valence-electron chi connectivity index (χ1n) is 6.58. The molecule has 3 aromatic heterocycles. The van der Waals surface area contributed by atoms with Crippen LogP contribution in [0.5, 0.6) is 0 Å². The van der Waals surface area contributed by atoms with E-state index in [9.17, 15) is 0 Å². The number of H-pyrrole nitrogens is 1. The summed E-state index contributed by atoms with van der Waals surface area (Å²) in [4.78, 5) is 10.1. The van der Waals surface area contributed by atoms with E-state index in [1.165, 1.54) is 5.69 Å². The second-order valence-corrected chi connectivity index (χ2v) is 5.37. The highest BCUT2D eigenvalue weighted by atomic mass is 15.5. The zero-order valence-electron chi connectivity index (χ0n) is 10.5. The highest BCUT2D eigenvalue weighted by molar-refractivity contribution is 6.05. The molecule has 0 bridgehead atoms. The molecule has 4 rings (SSSR count). The predicted molar refractivity (Wildman–Crippen MR) is 74.1 cm³/mol. The Labute approximate surface area is 109 Å². The quantitative estimate of drug-likeness (QED) is 0.570. The van der Waals surface area contributed by atoms with Gasteiger partial charge in [-0.25, -0.2) is 14.8 Å². The van der Waals surface area contributed by atoms with Crippen LogP contribution in [0.25, 0.3) is 21.9 Å². The van der Waals surface area contributed by atoms with E-state index in [4.69, 9.17) is 11.6 Å². The smallest absolute Gasteiger partial charge is 0.159 e. The molecular formula is C13H16N6. The van der Waals surface area contributed by atoms with Crippen molar-refractivity contribution < 1.29 is 0 Å². The number of nitrogens with two attached hydrogens (primary N) is 2. The summed E-state index contributed by atoms with van der Waals surface area (Å²) < 4.78 is 0. The topological polar surface area (TPSA) is 98.5 Å². The van der Waals surface area contributed by atoms with Gasteiger partial charge in [0.2, 0.25) is 0 Å². The molecule has 1 fully saturated rings. The molecule has 19 heavy (non-hydrogen) atoms. The molecule has 6 heteroatoms. The number of fused-ring (bicyclic) bond motifs is 3. The van der Waals surface area contributed by atoms with Gasteiger partial charge in [0, 0.05) is 34.6 Å². The van der Waals surface area contributed by atoms with Gasteiger partial charge in [-0.3, -0.25) is 5.10 Å². The van der Waals surface area contributed by atoms with Gasteiger partial charge < -0.3 is 11.6 Å². The largest absolute Gasteiger partial charge is 0.328 e. The van der Waals surface area contributed by atoms with Crippen LogP contribution in [0.3, 0.4) is 0 Å². The van der Waals surface area contributed by atoms with Crippen molar-refractivity contribution in [2.45, 2.75) is 31.2 Å². The van der Waals surface area contributed by atoms with Crippen LogP contribution in [0.4, 0.5) is 0 Å². The van der Waals surface area contributed by atoms with Crippen LogP contribution in [0.1, 0.15) is 30.9 Å². The predicted octanol–water partition coefficient (Wildman–Crippen LogP) is 1.22. The number of hydrogen-bond acceptors (Lipinski definition) is 4. The molecule has 6 nitrogen and oxygen atoms in total. The van der Waals surface area contributed by atoms with Gasteiger partial charge >= 0.3 is 0 Å². The Hall–Kier alpha value is -2.08.